The van der Waals surface area contributed by atoms with E-state index in [0.29, 0.717) is 0 Å². The molecule has 1 heterocycles. The molecule has 4 nitrogen and oxygen atoms in total. The minimum atomic E-state index is -0.101. The van der Waals surface area contributed by atoms with Crippen LogP contribution >= 0.6 is 22.6 Å². The highest BCUT2D eigenvalue weighted by Gasteiger charge is 2.09. The molecule has 14 heavy (non-hydrogen) atoms. The molecule has 1 unspecified atom stereocenters. The van der Waals surface area contributed by atoms with Gasteiger partial charge in [0.2, 0.25) is 0 Å². The van der Waals surface area contributed by atoms with E-state index in [4.69, 9.17) is 10.6 Å². The molecular formula is C9H10IN3O. The molecule has 0 spiro atoms. The lowest BCUT2D eigenvalue weighted by Crippen LogP contribution is -2.09. The van der Waals surface area contributed by atoms with Gasteiger partial charge < -0.3 is 10.6 Å². The third-order valence-corrected chi connectivity index (χ3v) is 2.55. The lowest BCUT2D eigenvalue weighted by Gasteiger charge is -2.08. The molecule has 0 radical (unpaired) electrons. The standard InChI is InChI=1S/C9H10IN3O/c1-6(8(11)5-13-14)7-2-3-9(10)12-4-7/h2-6,11,14H,1H3. The lowest BCUT2D eigenvalue weighted by atomic mass is 9.99. The van der Waals surface area contributed by atoms with Crippen LogP contribution in [0.1, 0.15) is 18.4 Å². The Morgan fingerprint density at radius 2 is 2.43 bits per heavy atom. The van der Waals surface area contributed by atoms with Crippen LogP contribution in [0.15, 0.2) is 23.5 Å². The number of nitrogens with one attached hydrogen (secondary N) is 1. The minimum Gasteiger partial charge on any atom is -0.411 e. The number of hydrogen-bond donors (Lipinski definition) is 2. The highest BCUT2D eigenvalue weighted by molar-refractivity contribution is 14.1. The summed E-state index contributed by atoms with van der Waals surface area (Å²) in [6.07, 6.45) is 2.86. The van der Waals surface area contributed by atoms with Crippen molar-refractivity contribution in [1.82, 2.24) is 4.98 Å². The summed E-state index contributed by atoms with van der Waals surface area (Å²) in [5.74, 6) is -0.101. The first-order valence-corrected chi connectivity index (χ1v) is 5.10. The number of halogens is 1. The van der Waals surface area contributed by atoms with Crippen LogP contribution < -0.4 is 0 Å². The van der Waals surface area contributed by atoms with E-state index < -0.39 is 0 Å². The third kappa shape index (κ3) is 2.76. The molecule has 0 aliphatic heterocycles. The first kappa shape index (κ1) is 11.1. The predicted octanol–water partition coefficient (Wildman–Crippen LogP) is 2.27. The number of oxime groups is 1. The van der Waals surface area contributed by atoms with Crippen molar-refractivity contribution in [2.75, 3.05) is 0 Å². The highest BCUT2D eigenvalue weighted by atomic mass is 127. The van der Waals surface area contributed by atoms with Crippen molar-refractivity contribution >= 4 is 34.5 Å². The zero-order valence-electron chi connectivity index (χ0n) is 7.61. The zero-order chi connectivity index (χ0) is 10.6. The zero-order valence-corrected chi connectivity index (χ0v) is 9.76. The molecule has 1 aromatic rings. The van der Waals surface area contributed by atoms with Gasteiger partial charge in [-0.25, -0.2) is 0 Å². The van der Waals surface area contributed by atoms with Crippen LogP contribution in [0.2, 0.25) is 0 Å². The Hall–Kier alpha value is -0.980. The summed E-state index contributed by atoms with van der Waals surface area (Å²) in [5.41, 5.74) is 1.20. The normalized spacial score (nSPS) is 13.0. The summed E-state index contributed by atoms with van der Waals surface area (Å²) in [4.78, 5) is 4.13. The Bertz CT molecular complexity index is 348. The van der Waals surface area contributed by atoms with Gasteiger partial charge in [0.05, 0.1) is 11.9 Å². The molecule has 0 aromatic carbocycles. The van der Waals surface area contributed by atoms with Gasteiger partial charge in [-0.2, -0.15) is 0 Å². The summed E-state index contributed by atoms with van der Waals surface area (Å²) in [6.45, 7) is 1.87. The van der Waals surface area contributed by atoms with Gasteiger partial charge in [0, 0.05) is 12.1 Å². The summed E-state index contributed by atoms with van der Waals surface area (Å²) < 4.78 is 0.918. The summed E-state index contributed by atoms with van der Waals surface area (Å²) >= 11 is 2.12. The fraction of sp³-hybridized carbons (Fsp3) is 0.222. The van der Waals surface area contributed by atoms with Gasteiger partial charge >= 0.3 is 0 Å². The fourth-order valence-electron chi connectivity index (χ4n) is 0.997. The summed E-state index contributed by atoms with van der Waals surface area (Å²) in [7, 11) is 0. The van der Waals surface area contributed by atoms with Crippen LogP contribution in [0.4, 0.5) is 0 Å². The van der Waals surface area contributed by atoms with Gasteiger partial charge in [-0.1, -0.05) is 18.1 Å². The van der Waals surface area contributed by atoms with Gasteiger partial charge in [-0.3, -0.25) is 4.98 Å². The van der Waals surface area contributed by atoms with Crippen LogP contribution in [-0.2, 0) is 0 Å². The maximum Gasteiger partial charge on any atom is 0.101 e. The first-order valence-electron chi connectivity index (χ1n) is 4.02. The Labute approximate surface area is 95.7 Å². The molecule has 0 fully saturated rings. The van der Waals surface area contributed by atoms with Crippen LogP contribution in [0, 0.1) is 9.11 Å². The van der Waals surface area contributed by atoms with E-state index >= 15 is 0 Å². The van der Waals surface area contributed by atoms with Crippen LogP contribution in [0.5, 0.6) is 0 Å². The van der Waals surface area contributed by atoms with E-state index in [1.807, 2.05) is 19.1 Å². The van der Waals surface area contributed by atoms with Crippen molar-refractivity contribution < 1.29 is 5.21 Å². The van der Waals surface area contributed by atoms with Crippen molar-refractivity contribution in [3.05, 3.63) is 27.6 Å². The molecular weight excluding hydrogens is 293 g/mol. The Kier molecular flexibility index (Phi) is 3.99. The van der Waals surface area contributed by atoms with Gasteiger partial charge in [-0.05, 0) is 34.2 Å². The largest absolute Gasteiger partial charge is 0.411 e. The molecule has 0 saturated carbocycles. The average Bonchev–Trinajstić information content (AvgIpc) is 2.18. The van der Waals surface area contributed by atoms with Gasteiger partial charge in [-0.15, -0.1) is 0 Å². The third-order valence-electron chi connectivity index (χ3n) is 1.91. The quantitative estimate of drug-likeness (QED) is 0.296. The van der Waals surface area contributed by atoms with E-state index in [1.54, 1.807) is 6.20 Å². The number of pyridine rings is 1. The first-order chi connectivity index (χ1) is 6.65. The number of nitrogens with zero attached hydrogens (tertiary/aromatic N) is 2. The van der Waals surface area contributed by atoms with Crippen molar-refractivity contribution in [2.24, 2.45) is 5.16 Å². The highest BCUT2D eigenvalue weighted by Crippen LogP contribution is 2.15. The van der Waals surface area contributed by atoms with Crippen molar-refractivity contribution in [3.63, 3.8) is 0 Å². The smallest absolute Gasteiger partial charge is 0.101 e. The van der Waals surface area contributed by atoms with Crippen molar-refractivity contribution in [3.8, 4) is 0 Å². The van der Waals surface area contributed by atoms with Gasteiger partial charge in [0.25, 0.3) is 0 Å². The molecule has 1 atom stereocenters. The molecule has 0 amide bonds. The molecule has 0 bridgehead atoms. The Morgan fingerprint density at radius 1 is 1.71 bits per heavy atom. The van der Waals surface area contributed by atoms with Crippen molar-refractivity contribution in [2.45, 2.75) is 12.8 Å². The van der Waals surface area contributed by atoms with E-state index in [9.17, 15) is 0 Å². The van der Waals surface area contributed by atoms with Crippen LogP contribution in [0.25, 0.3) is 0 Å². The number of rotatable bonds is 3. The topological polar surface area (TPSA) is 69.3 Å². The molecule has 74 valence electrons. The Morgan fingerprint density at radius 3 is 2.93 bits per heavy atom. The lowest BCUT2D eigenvalue weighted by molar-refractivity contribution is 0.322. The van der Waals surface area contributed by atoms with E-state index in [0.717, 1.165) is 15.5 Å². The second-order valence-corrected chi connectivity index (χ2v) is 3.94. The predicted molar refractivity (Wildman–Crippen MR) is 63.4 cm³/mol. The monoisotopic (exact) mass is 303 g/mol. The molecule has 2 N–H and O–H groups in total. The van der Waals surface area contributed by atoms with Crippen LogP contribution in [0.3, 0.4) is 0 Å². The van der Waals surface area contributed by atoms with Gasteiger partial charge in [0.1, 0.15) is 3.70 Å². The summed E-state index contributed by atoms with van der Waals surface area (Å²) in [6, 6.07) is 3.80. The summed E-state index contributed by atoms with van der Waals surface area (Å²) in [5, 5.41) is 18.7. The van der Waals surface area contributed by atoms with E-state index in [1.165, 1.54) is 0 Å². The van der Waals surface area contributed by atoms with Crippen LogP contribution in [-0.4, -0.2) is 22.1 Å². The molecule has 0 aliphatic carbocycles. The maximum atomic E-state index is 8.29. The molecule has 0 aliphatic rings. The number of hydrogen-bond acceptors (Lipinski definition) is 4. The fourth-order valence-corrected chi connectivity index (χ4v) is 1.32. The average molecular weight is 303 g/mol. The van der Waals surface area contributed by atoms with Crippen molar-refractivity contribution in [1.29, 1.82) is 5.41 Å². The molecule has 5 heteroatoms. The second kappa shape index (κ2) is 5.04. The minimum absolute atomic E-state index is 0.101. The van der Waals surface area contributed by atoms with Gasteiger partial charge in [0.15, 0.2) is 0 Å². The number of aromatic nitrogens is 1. The maximum absolute atomic E-state index is 8.29. The SMILES string of the molecule is CC(C(=N)C=NO)c1ccc(I)nc1. The molecule has 1 aromatic heterocycles. The molecule has 1 rings (SSSR count). The second-order valence-electron chi connectivity index (χ2n) is 2.84. The van der Waals surface area contributed by atoms with E-state index in [-0.39, 0.29) is 11.6 Å². The Balaban J connectivity index is 2.84. The molecule has 0 saturated heterocycles. The van der Waals surface area contributed by atoms with E-state index in [2.05, 4.69) is 32.7 Å².